The number of sulfone groups is 1. The zero-order chi connectivity index (χ0) is 29.1. The quantitative estimate of drug-likeness (QED) is 0.176. The molecule has 0 N–H and O–H groups in total. The Hall–Kier alpha value is -2.74. The van der Waals surface area contributed by atoms with E-state index in [0.29, 0.717) is 5.39 Å². The minimum absolute atomic E-state index is 0.0949. The number of fused-ring (bicyclic) bond motifs is 1. The third kappa shape index (κ3) is 4.88. The molecule has 0 aliphatic rings. The van der Waals surface area contributed by atoms with Crippen LogP contribution in [0, 0.1) is 8.78 Å². The molecule has 0 spiro atoms. The number of halogens is 11. The zero-order valence-corrected chi connectivity index (χ0v) is 20.7. The first kappa shape index (κ1) is 29.8. The molecule has 0 saturated heterocycles. The first-order chi connectivity index (χ1) is 17.1. The third-order valence-electron chi connectivity index (χ3n) is 5.04. The van der Waals surface area contributed by atoms with Gasteiger partial charge in [-0.3, -0.25) is 9.78 Å². The minimum atomic E-state index is -6.91. The number of nitrogens with zero attached hydrogens (tertiary/aromatic N) is 2. The second-order valence-corrected chi connectivity index (χ2v) is 10.5. The second-order valence-electron chi connectivity index (χ2n) is 7.42. The normalized spacial score (nSPS) is 13.6. The van der Waals surface area contributed by atoms with Crippen molar-refractivity contribution in [2.75, 3.05) is 5.06 Å². The van der Waals surface area contributed by atoms with Crippen molar-refractivity contribution in [2.24, 2.45) is 0 Å². The Balaban J connectivity index is 2.33. The maximum absolute atomic E-state index is 14.6. The monoisotopic (exact) mass is 689 g/mol. The van der Waals surface area contributed by atoms with E-state index >= 15 is 0 Å². The summed E-state index contributed by atoms with van der Waals surface area (Å²) in [6.07, 6.45) is -12.4. The topological polar surface area (TPSA) is 90.4 Å². The van der Waals surface area contributed by atoms with Crippen molar-refractivity contribution in [3.8, 4) is 0 Å². The molecule has 2 aromatic carbocycles. The summed E-state index contributed by atoms with van der Waals surface area (Å²) in [5.74, 6) is -1.75. The average molecular weight is 689 g/mol. The number of hydrogen-bond donors (Lipinski definition) is 0. The van der Waals surface area contributed by atoms with Gasteiger partial charge in [0.15, 0.2) is 0 Å². The molecule has 0 atom stereocenters. The van der Waals surface area contributed by atoms with Gasteiger partial charge in [0.1, 0.15) is 4.90 Å². The summed E-state index contributed by atoms with van der Waals surface area (Å²) in [4.78, 5) is 14.1. The molecule has 0 bridgehead atoms. The van der Waals surface area contributed by atoms with Gasteiger partial charge < -0.3 is 10.3 Å². The molecule has 1 heterocycles. The Labute approximate surface area is 218 Å². The predicted octanol–water partition coefficient (Wildman–Crippen LogP) is 6.57. The Morgan fingerprint density at radius 2 is 1.47 bits per heavy atom. The number of hydroxylamine groups is 1. The number of carbonyl (C=O) groups excluding carboxylic acids is 1. The number of benzene rings is 2. The highest BCUT2D eigenvalue weighted by Crippen LogP contribution is 2.55. The highest BCUT2D eigenvalue weighted by atomic mass is 127. The Morgan fingerprint density at radius 1 is 0.895 bits per heavy atom. The fraction of sp³-hybridized carbons (Fsp3) is 0.200. The first-order valence-corrected chi connectivity index (χ1v) is 12.0. The van der Waals surface area contributed by atoms with Crippen molar-refractivity contribution in [1.82, 2.24) is 4.98 Å². The summed E-state index contributed by atoms with van der Waals surface area (Å²) in [5.41, 5.74) is -17.6. The van der Waals surface area contributed by atoms with Gasteiger partial charge >= 0.3 is 23.5 Å². The second kappa shape index (κ2) is 9.47. The molecule has 0 aliphatic carbocycles. The average Bonchev–Trinajstić information content (AvgIpc) is 2.79. The van der Waals surface area contributed by atoms with Crippen LogP contribution in [0.5, 0.6) is 0 Å². The molecule has 206 valence electrons. The van der Waals surface area contributed by atoms with Crippen LogP contribution in [0.4, 0.5) is 49.6 Å². The van der Waals surface area contributed by atoms with E-state index in [9.17, 15) is 62.3 Å². The lowest BCUT2D eigenvalue weighted by Crippen LogP contribution is -2.50. The van der Waals surface area contributed by atoms with E-state index in [4.69, 9.17) is 0 Å². The number of anilines is 1. The van der Waals surface area contributed by atoms with Crippen molar-refractivity contribution >= 4 is 54.9 Å². The molecule has 1 aromatic heterocycles. The van der Waals surface area contributed by atoms with Crippen molar-refractivity contribution in [1.29, 1.82) is 0 Å². The molecule has 3 aromatic rings. The molecule has 3 rings (SSSR count). The van der Waals surface area contributed by atoms with Crippen LogP contribution >= 0.6 is 22.6 Å². The molecule has 0 aliphatic heterocycles. The summed E-state index contributed by atoms with van der Waals surface area (Å²) in [5, 5.41) is 12.3. The molecule has 1 amide bonds. The van der Waals surface area contributed by atoms with Crippen LogP contribution < -0.4 is 5.06 Å². The van der Waals surface area contributed by atoms with Crippen molar-refractivity contribution in [2.45, 2.75) is 28.4 Å². The smallest absolute Gasteiger partial charge is 0.501 e. The summed E-state index contributed by atoms with van der Waals surface area (Å²) < 4.78 is 157. The van der Waals surface area contributed by atoms with Gasteiger partial charge in [-0.05, 0) is 52.9 Å². The predicted molar refractivity (Wildman–Crippen MR) is 119 cm³/mol. The lowest BCUT2D eigenvalue weighted by molar-refractivity contribution is -0.348. The van der Waals surface area contributed by atoms with Crippen molar-refractivity contribution in [3.05, 3.63) is 68.6 Å². The summed E-state index contributed by atoms with van der Waals surface area (Å²) in [7, 11) is -6.91. The Kier molecular flexibility index (Phi) is 7.43. The Morgan fingerprint density at radius 3 is 2.00 bits per heavy atom. The van der Waals surface area contributed by atoms with Gasteiger partial charge in [0.25, 0.3) is 9.84 Å². The summed E-state index contributed by atoms with van der Waals surface area (Å²) in [6.45, 7) is 0. The number of alkyl halides is 10. The molecule has 6 nitrogen and oxygen atoms in total. The molecule has 38 heavy (non-hydrogen) atoms. The van der Waals surface area contributed by atoms with Crippen LogP contribution in [-0.4, -0.2) is 37.2 Å². The molecular weight excluding hydrogens is 681 g/mol. The first-order valence-electron chi connectivity index (χ1n) is 9.48. The minimum Gasteiger partial charge on any atom is -0.751 e. The van der Waals surface area contributed by atoms with Crippen LogP contribution in [0.2, 0.25) is 0 Å². The number of amides is 1. The van der Waals surface area contributed by atoms with Crippen molar-refractivity contribution in [3.63, 3.8) is 0 Å². The number of hydrogen-bond acceptors (Lipinski definition) is 5. The number of rotatable bonds is 4. The maximum atomic E-state index is 14.6. The van der Waals surface area contributed by atoms with Gasteiger partial charge in [0, 0.05) is 26.3 Å². The zero-order valence-electron chi connectivity index (χ0n) is 17.7. The van der Waals surface area contributed by atoms with Crippen LogP contribution in [0.15, 0.2) is 53.6 Å². The van der Waals surface area contributed by atoms with E-state index in [1.54, 1.807) is 0 Å². The van der Waals surface area contributed by atoms with Crippen LogP contribution in [0.25, 0.3) is 10.9 Å². The fourth-order valence-corrected chi connectivity index (χ4v) is 5.21. The van der Waals surface area contributed by atoms with E-state index in [1.165, 1.54) is 24.4 Å². The van der Waals surface area contributed by atoms with E-state index in [2.05, 4.69) is 4.98 Å². The van der Waals surface area contributed by atoms with Gasteiger partial charge in [0.05, 0.1) is 11.2 Å². The maximum Gasteiger partial charge on any atom is 0.501 e. The van der Waals surface area contributed by atoms with E-state index in [-0.39, 0.29) is 11.6 Å². The molecule has 0 radical (unpaired) electrons. The van der Waals surface area contributed by atoms with E-state index in [0.717, 1.165) is 34.7 Å². The lowest BCUT2D eigenvalue weighted by atomic mass is 9.94. The van der Waals surface area contributed by atoms with E-state index in [1.807, 2.05) is 0 Å². The van der Waals surface area contributed by atoms with Crippen LogP contribution in [-0.2, 0) is 15.5 Å². The molecule has 18 heteroatoms. The molecular formula is C20H8F10IN2O4S-. The van der Waals surface area contributed by atoms with Gasteiger partial charge in [-0.25, -0.2) is 12.8 Å². The fourth-order valence-electron chi connectivity index (χ4n) is 3.21. The Bertz CT molecular complexity index is 1510. The lowest BCUT2D eigenvalue weighted by Gasteiger charge is -2.34. The molecule has 0 fully saturated rings. The SMILES string of the molecule is O=C(c1ccc2cccnc2c1)N([O-])c1c(I)cc(C(F)(C(F)(F)F)C(F)(F)F)cc1S(=O)(=O)C(F)(F)F. The highest BCUT2D eigenvalue weighted by molar-refractivity contribution is 14.1. The number of carbonyl (C=O) groups is 1. The summed E-state index contributed by atoms with van der Waals surface area (Å²) >= 11 is 0.719. The standard InChI is InChI=1S/C20H8F10IN2O4S/c21-17(18(22,23)24,19(25,26)27)11-7-12(31)15(14(8-11)38(36,37)20(28,29)30)33(35)16(34)10-4-3-9-2-1-5-32-13(9)6-10/h1-8H/q-1. The highest BCUT2D eigenvalue weighted by Gasteiger charge is 2.73. The van der Waals surface area contributed by atoms with Crippen LogP contribution in [0.3, 0.4) is 0 Å². The van der Waals surface area contributed by atoms with Gasteiger partial charge in [-0.2, -0.15) is 39.5 Å². The van der Waals surface area contributed by atoms with Gasteiger partial charge in [-0.15, -0.1) is 0 Å². The van der Waals surface area contributed by atoms with Crippen LogP contribution in [0.1, 0.15) is 15.9 Å². The molecule has 0 unspecified atom stereocenters. The number of pyridine rings is 1. The van der Waals surface area contributed by atoms with Crippen molar-refractivity contribution < 1.29 is 57.1 Å². The molecule has 0 saturated carbocycles. The third-order valence-corrected chi connectivity index (χ3v) is 7.36. The van der Waals surface area contributed by atoms with Gasteiger partial charge in [-0.1, -0.05) is 12.1 Å². The largest absolute Gasteiger partial charge is 0.751 e. The summed E-state index contributed by atoms with van der Waals surface area (Å²) in [6, 6.07) is 4.97. The van der Waals surface area contributed by atoms with Gasteiger partial charge in [0.2, 0.25) is 5.91 Å². The van der Waals surface area contributed by atoms with E-state index < -0.39 is 75.7 Å². The number of aromatic nitrogens is 1.